The zero-order valence-corrected chi connectivity index (χ0v) is 9.57. The van der Waals surface area contributed by atoms with Crippen molar-refractivity contribution >= 4 is 16.4 Å². The lowest BCUT2D eigenvalue weighted by atomic mass is 10.0. The van der Waals surface area contributed by atoms with Crippen molar-refractivity contribution in [3.63, 3.8) is 0 Å². The van der Waals surface area contributed by atoms with Gasteiger partial charge in [-0.05, 0) is 30.3 Å². The summed E-state index contributed by atoms with van der Waals surface area (Å²) in [6.07, 6.45) is 0. The zero-order valence-electron chi connectivity index (χ0n) is 8.75. The van der Waals surface area contributed by atoms with E-state index in [0.717, 1.165) is 0 Å². The van der Waals surface area contributed by atoms with Crippen molar-refractivity contribution in [2.45, 2.75) is 9.79 Å². The first kappa shape index (κ1) is 10.5. The van der Waals surface area contributed by atoms with Gasteiger partial charge in [0, 0.05) is 11.1 Å². The molecule has 0 saturated carbocycles. The van der Waals surface area contributed by atoms with E-state index < -0.39 is 10.6 Å². The minimum atomic E-state index is -3.09. The Labute approximate surface area is 100 Å². The molecular formula is C13H9O3S. The van der Waals surface area contributed by atoms with Gasteiger partial charge in [0.15, 0.2) is 5.78 Å². The summed E-state index contributed by atoms with van der Waals surface area (Å²) in [4.78, 5) is 12.7. The lowest BCUT2D eigenvalue weighted by molar-refractivity contribution is 0.103. The largest absolute Gasteiger partial charge is 0.290 e. The Morgan fingerprint density at radius 2 is 1.71 bits per heavy atom. The third-order valence-corrected chi connectivity index (χ3v) is 4.74. The molecule has 85 valence electrons. The normalized spacial score (nSPS) is 18.1. The lowest BCUT2D eigenvalue weighted by Crippen LogP contribution is -2.17. The van der Waals surface area contributed by atoms with Gasteiger partial charge in [-0.1, -0.05) is 18.2 Å². The van der Waals surface area contributed by atoms with Crippen LogP contribution in [0, 0.1) is 6.07 Å². The van der Waals surface area contributed by atoms with Crippen LogP contribution in [0.4, 0.5) is 0 Å². The predicted molar refractivity (Wildman–Crippen MR) is 64.5 cm³/mol. The minimum Gasteiger partial charge on any atom is -0.290 e. The molecule has 4 heteroatoms. The van der Waals surface area contributed by atoms with Crippen LogP contribution in [0.5, 0.6) is 0 Å². The summed E-state index contributed by atoms with van der Waals surface area (Å²) in [6, 6.07) is 14.0. The Morgan fingerprint density at radius 1 is 1.00 bits per heavy atom. The van der Waals surface area contributed by atoms with Crippen LogP contribution in [0.1, 0.15) is 15.9 Å². The number of carbonyl (C=O) groups excluding carboxylic acids is 1. The van der Waals surface area contributed by atoms with Crippen molar-refractivity contribution in [2.24, 2.45) is 0 Å². The van der Waals surface area contributed by atoms with Gasteiger partial charge in [0.1, 0.15) is 0 Å². The zero-order chi connectivity index (χ0) is 12.0. The van der Waals surface area contributed by atoms with E-state index in [2.05, 4.69) is 6.07 Å². The van der Waals surface area contributed by atoms with Crippen molar-refractivity contribution in [3.8, 4) is 0 Å². The van der Waals surface area contributed by atoms with Gasteiger partial charge in [-0.3, -0.25) is 13.9 Å². The molecule has 3 rings (SSSR count). The van der Waals surface area contributed by atoms with Gasteiger partial charge in [0.25, 0.3) is 0 Å². The Morgan fingerprint density at radius 3 is 2.53 bits per heavy atom. The van der Waals surface area contributed by atoms with Crippen LogP contribution in [0.25, 0.3) is 0 Å². The van der Waals surface area contributed by atoms with Gasteiger partial charge in [-0.15, -0.1) is 10.6 Å². The van der Waals surface area contributed by atoms with Crippen LogP contribution in [-0.4, -0.2) is 14.9 Å². The van der Waals surface area contributed by atoms with Crippen LogP contribution in [0.15, 0.2) is 52.3 Å². The van der Waals surface area contributed by atoms with Gasteiger partial charge >= 0.3 is 0 Å². The smallest absolute Gasteiger partial charge is 0.196 e. The van der Waals surface area contributed by atoms with Crippen LogP contribution >= 0.6 is 10.6 Å². The average molecular weight is 245 g/mol. The Hall–Kier alpha value is -1.62. The molecule has 0 saturated heterocycles. The molecule has 0 aromatic heterocycles. The maximum absolute atomic E-state index is 12.2. The highest BCUT2D eigenvalue weighted by atomic mass is 32.3. The first-order valence-electron chi connectivity index (χ1n) is 5.04. The highest BCUT2D eigenvalue weighted by Gasteiger charge is 2.34. The number of hydrogen-bond acceptors (Lipinski definition) is 3. The molecule has 2 N–H and O–H groups in total. The van der Waals surface area contributed by atoms with Gasteiger partial charge < -0.3 is 0 Å². The number of carbonyl (C=O) groups is 1. The SMILES string of the molecule is O=C1c2cc[c]cc2S(O)(O)c2ccccc21. The van der Waals surface area contributed by atoms with E-state index in [1.807, 2.05) is 0 Å². The molecule has 1 heterocycles. The van der Waals surface area contributed by atoms with Crippen LogP contribution in [0.3, 0.4) is 0 Å². The molecule has 0 atom stereocenters. The fraction of sp³-hybridized carbons (Fsp3) is 0. The van der Waals surface area contributed by atoms with Crippen molar-refractivity contribution in [1.29, 1.82) is 0 Å². The molecule has 0 spiro atoms. The van der Waals surface area contributed by atoms with E-state index in [1.54, 1.807) is 36.4 Å². The number of rotatable bonds is 0. The summed E-state index contributed by atoms with van der Waals surface area (Å²) >= 11 is 0. The van der Waals surface area contributed by atoms with E-state index in [1.165, 1.54) is 6.07 Å². The predicted octanol–water partition coefficient (Wildman–Crippen LogP) is 3.20. The second-order valence-corrected chi connectivity index (χ2v) is 5.77. The van der Waals surface area contributed by atoms with Crippen molar-refractivity contribution < 1.29 is 13.9 Å². The highest BCUT2D eigenvalue weighted by molar-refractivity contribution is 8.24. The third kappa shape index (κ3) is 1.35. The summed E-state index contributed by atoms with van der Waals surface area (Å²) < 4.78 is 20.5. The Balaban J connectivity index is 2.38. The van der Waals surface area contributed by atoms with Crippen molar-refractivity contribution in [1.82, 2.24) is 0 Å². The summed E-state index contributed by atoms with van der Waals surface area (Å²) in [6.45, 7) is 0. The van der Waals surface area contributed by atoms with Gasteiger partial charge in [-0.2, -0.15) is 0 Å². The van der Waals surface area contributed by atoms with Crippen LogP contribution < -0.4 is 0 Å². The number of hydrogen-bond donors (Lipinski definition) is 2. The number of fused-ring (bicyclic) bond motifs is 2. The average Bonchev–Trinajstić information content (AvgIpc) is 2.37. The Kier molecular flexibility index (Phi) is 2.13. The molecule has 17 heavy (non-hydrogen) atoms. The fourth-order valence-corrected chi connectivity index (χ4v) is 3.68. The minimum absolute atomic E-state index is 0.171. The van der Waals surface area contributed by atoms with Crippen LogP contribution in [-0.2, 0) is 0 Å². The lowest BCUT2D eigenvalue weighted by Gasteiger charge is -2.38. The maximum atomic E-state index is 12.2. The van der Waals surface area contributed by atoms with E-state index in [0.29, 0.717) is 16.0 Å². The second-order valence-electron chi connectivity index (χ2n) is 3.80. The van der Waals surface area contributed by atoms with E-state index in [4.69, 9.17) is 0 Å². The molecule has 1 radical (unpaired) electrons. The topological polar surface area (TPSA) is 57.5 Å². The number of ketones is 1. The standard InChI is InChI=1S/C13H9O3S/c14-13-9-5-1-3-7-11(9)17(15,16)12-8-4-2-6-10(12)13/h1-3,5-8,15-16H. The van der Waals surface area contributed by atoms with E-state index in [-0.39, 0.29) is 10.7 Å². The second kappa shape index (κ2) is 3.43. The van der Waals surface area contributed by atoms with Gasteiger partial charge in [0.05, 0.1) is 9.79 Å². The third-order valence-electron chi connectivity index (χ3n) is 2.82. The number of benzene rings is 2. The molecule has 2 aromatic carbocycles. The monoisotopic (exact) mass is 245 g/mol. The molecular weight excluding hydrogens is 236 g/mol. The maximum Gasteiger partial charge on any atom is 0.196 e. The molecule has 0 bridgehead atoms. The summed E-state index contributed by atoms with van der Waals surface area (Å²) in [5.74, 6) is -0.171. The highest BCUT2D eigenvalue weighted by Crippen LogP contribution is 2.60. The molecule has 1 aliphatic heterocycles. The van der Waals surface area contributed by atoms with E-state index in [9.17, 15) is 13.9 Å². The summed E-state index contributed by atoms with van der Waals surface area (Å²) in [5, 5.41) is 0. The summed E-state index contributed by atoms with van der Waals surface area (Å²) in [5.41, 5.74) is 0.716. The molecule has 0 amide bonds. The molecule has 1 aliphatic rings. The van der Waals surface area contributed by atoms with Crippen LogP contribution in [0.2, 0.25) is 0 Å². The van der Waals surface area contributed by atoms with E-state index >= 15 is 0 Å². The molecule has 3 nitrogen and oxygen atoms in total. The molecule has 0 fully saturated rings. The fourth-order valence-electron chi connectivity index (χ4n) is 2.00. The molecule has 0 aliphatic carbocycles. The van der Waals surface area contributed by atoms with Crippen molar-refractivity contribution in [3.05, 3.63) is 59.7 Å². The quantitative estimate of drug-likeness (QED) is 0.749. The summed E-state index contributed by atoms with van der Waals surface area (Å²) in [7, 11) is -3.09. The van der Waals surface area contributed by atoms with Crippen molar-refractivity contribution in [2.75, 3.05) is 0 Å². The van der Waals surface area contributed by atoms with Gasteiger partial charge in [-0.25, -0.2) is 0 Å². The molecule has 0 unspecified atom stereocenters. The molecule has 2 aromatic rings. The first-order chi connectivity index (χ1) is 8.12. The van der Waals surface area contributed by atoms with Gasteiger partial charge in [0.2, 0.25) is 0 Å². The Bertz CT molecular complexity index is 568. The first-order valence-corrected chi connectivity index (χ1v) is 6.59.